The van der Waals surface area contributed by atoms with Gasteiger partial charge in [0, 0.05) is 18.8 Å². The monoisotopic (exact) mass is 345 g/mol. The molecular formula is C18H23N3O4. The third kappa shape index (κ3) is 3.97. The fourth-order valence-electron chi connectivity index (χ4n) is 2.90. The molecule has 2 aromatic rings. The van der Waals surface area contributed by atoms with Crippen molar-refractivity contribution in [3.05, 3.63) is 23.0 Å². The van der Waals surface area contributed by atoms with Crippen molar-refractivity contribution in [1.82, 2.24) is 15.0 Å². The van der Waals surface area contributed by atoms with E-state index in [0.29, 0.717) is 53.7 Å². The number of fused-ring (bicyclic) bond motifs is 1. The second-order valence-electron chi connectivity index (χ2n) is 6.51. The summed E-state index contributed by atoms with van der Waals surface area (Å²) in [5, 5.41) is 4.57. The first-order chi connectivity index (χ1) is 12.0. The number of carbonyl (C=O) groups excluding carboxylic acids is 2. The molecule has 3 rings (SSSR count). The fourth-order valence-corrected chi connectivity index (χ4v) is 2.90. The van der Waals surface area contributed by atoms with Gasteiger partial charge >= 0.3 is 5.97 Å². The molecule has 1 amide bonds. The maximum atomic E-state index is 13.2. The molecule has 0 unspecified atom stereocenters. The second kappa shape index (κ2) is 7.21. The molecular weight excluding hydrogens is 322 g/mol. The molecule has 1 fully saturated rings. The van der Waals surface area contributed by atoms with Gasteiger partial charge in [-0.25, -0.2) is 4.98 Å². The van der Waals surface area contributed by atoms with Crippen LogP contribution < -0.4 is 0 Å². The Morgan fingerprint density at radius 3 is 2.80 bits per heavy atom. The zero-order chi connectivity index (χ0) is 18.0. The molecule has 0 atom stereocenters. The molecule has 0 spiro atoms. The maximum Gasteiger partial charge on any atom is 0.307 e. The van der Waals surface area contributed by atoms with E-state index >= 15 is 0 Å². The van der Waals surface area contributed by atoms with Crippen LogP contribution in [-0.4, -0.2) is 46.6 Å². The number of esters is 1. The zero-order valence-corrected chi connectivity index (χ0v) is 14.9. The smallest absolute Gasteiger partial charge is 0.307 e. The Morgan fingerprint density at radius 2 is 2.12 bits per heavy atom. The quantitative estimate of drug-likeness (QED) is 0.717. The largest absolute Gasteiger partial charge is 0.466 e. The van der Waals surface area contributed by atoms with Crippen LogP contribution in [0.2, 0.25) is 0 Å². The molecule has 0 N–H and O–H groups in total. The van der Waals surface area contributed by atoms with Crippen LogP contribution >= 0.6 is 0 Å². The number of rotatable bonds is 7. The molecule has 0 bridgehead atoms. The first kappa shape index (κ1) is 17.4. The van der Waals surface area contributed by atoms with Gasteiger partial charge in [-0.05, 0) is 45.6 Å². The van der Waals surface area contributed by atoms with E-state index in [9.17, 15) is 9.59 Å². The predicted octanol–water partition coefficient (Wildman–Crippen LogP) is 2.65. The zero-order valence-electron chi connectivity index (χ0n) is 14.9. The molecule has 0 saturated heterocycles. The lowest BCUT2D eigenvalue weighted by Crippen LogP contribution is -2.35. The molecule has 0 aromatic carbocycles. The average molecular weight is 345 g/mol. The summed E-state index contributed by atoms with van der Waals surface area (Å²) >= 11 is 0. The summed E-state index contributed by atoms with van der Waals surface area (Å²) in [5.74, 6) is 0.124. The van der Waals surface area contributed by atoms with Crippen LogP contribution in [0.25, 0.3) is 11.1 Å². The van der Waals surface area contributed by atoms with Crippen molar-refractivity contribution < 1.29 is 18.8 Å². The van der Waals surface area contributed by atoms with E-state index in [1.807, 2.05) is 6.92 Å². The predicted molar refractivity (Wildman–Crippen MR) is 91.2 cm³/mol. The third-order valence-corrected chi connectivity index (χ3v) is 4.33. The molecule has 7 nitrogen and oxygen atoms in total. The van der Waals surface area contributed by atoms with E-state index in [4.69, 9.17) is 9.26 Å². The van der Waals surface area contributed by atoms with Crippen molar-refractivity contribution in [3.63, 3.8) is 0 Å². The summed E-state index contributed by atoms with van der Waals surface area (Å²) in [7, 11) is 0. The lowest BCUT2D eigenvalue weighted by molar-refractivity contribution is -0.143. The minimum atomic E-state index is -0.284. The van der Waals surface area contributed by atoms with Gasteiger partial charge in [-0.1, -0.05) is 5.16 Å². The number of pyridine rings is 1. The Labute approximate surface area is 146 Å². The molecule has 2 aromatic heterocycles. The van der Waals surface area contributed by atoms with Crippen LogP contribution in [0, 0.1) is 19.8 Å². The molecule has 0 aliphatic heterocycles. The Bertz CT molecular complexity index is 795. The molecule has 134 valence electrons. The van der Waals surface area contributed by atoms with Crippen LogP contribution in [0.3, 0.4) is 0 Å². The van der Waals surface area contributed by atoms with Gasteiger partial charge in [0.15, 0.2) is 0 Å². The summed E-state index contributed by atoms with van der Waals surface area (Å²) in [4.78, 5) is 30.9. The van der Waals surface area contributed by atoms with Crippen molar-refractivity contribution in [1.29, 1.82) is 0 Å². The topological polar surface area (TPSA) is 85.5 Å². The molecule has 1 aliphatic rings. The minimum absolute atomic E-state index is 0.113. The van der Waals surface area contributed by atoms with Crippen LogP contribution in [0.15, 0.2) is 10.6 Å². The van der Waals surface area contributed by atoms with Crippen LogP contribution in [0.5, 0.6) is 0 Å². The highest BCUT2D eigenvalue weighted by Gasteiger charge is 2.29. The summed E-state index contributed by atoms with van der Waals surface area (Å²) in [6, 6.07) is 1.76. The number of aryl methyl sites for hydroxylation is 2. The van der Waals surface area contributed by atoms with Gasteiger partial charge in [0.05, 0.1) is 29.7 Å². The molecule has 25 heavy (non-hydrogen) atoms. The maximum absolute atomic E-state index is 13.2. The van der Waals surface area contributed by atoms with Crippen LogP contribution in [0.1, 0.15) is 47.9 Å². The van der Waals surface area contributed by atoms with E-state index in [1.54, 1.807) is 24.8 Å². The fraction of sp³-hybridized carbons (Fsp3) is 0.556. The van der Waals surface area contributed by atoms with Crippen molar-refractivity contribution >= 4 is 23.0 Å². The van der Waals surface area contributed by atoms with Gasteiger partial charge < -0.3 is 14.2 Å². The van der Waals surface area contributed by atoms with E-state index in [2.05, 4.69) is 10.1 Å². The van der Waals surface area contributed by atoms with E-state index in [-0.39, 0.29) is 18.3 Å². The van der Waals surface area contributed by atoms with Crippen LogP contribution in [-0.2, 0) is 9.53 Å². The number of carbonyl (C=O) groups is 2. The number of hydrogen-bond acceptors (Lipinski definition) is 6. The molecule has 0 radical (unpaired) electrons. The van der Waals surface area contributed by atoms with Crippen molar-refractivity contribution in [3.8, 4) is 0 Å². The molecule has 1 aliphatic carbocycles. The lowest BCUT2D eigenvalue weighted by Gasteiger charge is -2.23. The summed E-state index contributed by atoms with van der Waals surface area (Å²) in [5.41, 5.74) is 2.25. The van der Waals surface area contributed by atoms with Gasteiger partial charge in [-0.3, -0.25) is 9.59 Å². The SMILES string of the molecule is CCOC(=O)CCN(CC1CC1)C(=O)c1cc(C)nc2onc(C)c12. The van der Waals surface area contributed by atoms with Crippen molar-refractivity contribution in [2.45, 2.75) is 40.0 Å². The van der Waals surface area contributed by atoms with Crippen molar-refractivity contribution in [2.75, 3.05) is 19.7 Å². The average Bonchev–Trinajstić information content (AvgIpc) is 3.32. The highest BCUT2D eigenvalue weighted by molar-refractivity contribution is 6.06. The Morgan fingerprint density at radius 1 is 1.36 bits per heavy atom. The number of aromatic nitrogens is 2. The summed E-state index contributed by atoms with van der Waals surface area (Å²) < 4.78 is 10.2. The van der Waals surface area contributed by atoms with Gasteiger partial charge in [0.2, 0.25) is 0 Å². The van der Waals surface area contributed by atoms with Gasteiger partial charge in [-0.15, -0.1) is 0 Å². The molecule has 2 heterocycles. The van der Waals surface area contributed by atoms with E-state index < -0.39 is 0 Å². The molecule has 1 saturated carbocycles. The second-order valence-corrected chi connectivity index (χ2v) is 6.51. The van der Waals surface area contributed by atoms with Crippen molar-refractivity contribution in [2.24, 2.45) is 5.92 Å². The van der Waals surface area contributed by atoms with Crippen LogP contribution in [0.4, 0.5) is 0 Å². The minimum Gasteiger partial charge on any atom is -0.466 e. The van der Waals surface area contributed by atoms with Gasteiger partial charge in [-0.2, -0.15) is 0 Å². The highest BCUT2D eigenvalue weighted by Crippen LogP contribution is 2.31. The van der Waals surface area contributed by atoms with E-state index in [1.165, 1.54) is 0 Å². The number of ether oxygens (including phenoxy) is 1. The third-order valence-electron chi connectivity index (χ3n) is 4.33. The van der Waals surface area contributed by atoms with E-state index in [0.717, 1.165) is 12.8 Å². The lowest BCUT2D eigenvalue weighted by atomic mass is 10.1. The first-order valence-electron chi connectivity index (χ1n) is 8.68. The first-order valence-corrected chi connectivity index (χ1v) is 8.68. The number of nitrogens with zero attached hydrogens (tertiary/aromatic N) is 3. The van der Waals surface area contributed by atoms with Gasteiger partial charge in [0.25, 0.3) is 11.6 Å². The van der Waals surface area contributed by atoms with Gasteiger partial charge in [0.1, 0.15) is 0 Å². The number of hydrogen-bond donors (Lipinski definition) is 0. The standard InChI is InChI=1S/C18H23N3O4/c1-4-24-15(22)7-8-21(10-13-5-6-13)18(23)14-9-11(2)19-17-16(14)12(3)20-25-17/h9,13H,4-8,10H2,1-3H3. The summed E-state index contributed by atoms with van der Waals surface area (Å²) in [6.07, 6.45) is 2.45. The number of amides is 1. The normalized spacial score (nSPS) is 13.9. The Hall–Kier alpha value is -2.44. The summed E-state index contributed by atoms with van der Waals surface area (Å²) in [6.45, 7) is 6.74. The Balaban J connectivity index is 1.86. The molecule has 7 heteroatoms. The highest BCUT2D eigenvalue weighted by atomic mass is 16.5. The Kier molecular flexibility index (Phi) is 5.01.